The lowest BCUT2D eigenvalue weighted by Crippen LogP contribution is -2.31. The molecule has 0 spiro atoms. The van der Waals surface area contributed by atoms with Gasteiger partial charge >= 0.3 is 0 Å². The van der Waals surface area contributed by atoms with E-state index in [0.29, 0.717) is 29.3 Å². The molecule has 1 saturated carbocycles. The van der Waals surface area contributed by atoms with Crippen LogP contribution in [0.3, 0.4) is 0 Å². The van der Waals surface area contributed by atoms with E-state index in [9.17, 15) is 9.59 Å². The summed E-state index contributed by atoms with van der Waals surface area (Å²) in [5, 5.41) is 0. The summed E-state index contributed by atoms with van der Waals surface area (Å²) in [4.78, 5) is 26.0. The van der Waals surface area contributed by atoms with Crippen LogP contribution in [0.2, 0.25) is 0 Å². The zero-order valence-corrected chi connectivity index (χ0v) is 17.7. The zero-order valence-electron chi connectivity index (χ0n) is 16.8. The molecule has 2 aliphatic rings. The van der Waals surface area contributed by atoms with Gasteiger partial charge in [0.05, 0.1) is 17.7 Å². The van der Waals surface area contributed by atoms with Crippen molar-refractivity contribution in [2.24, 2.45) is 5.92 Å². The van der Waals surface area contributed by atoms with Crippen LogP contribution in [0.1, 0.15) is 52.8 Å². The molecule has 5 heteroatoms. The van der Waals surface area contributed by atoms with Gasteiger partial charge in [0.25, 0.3) is 11.8 Å². The summed E-state index contributed by atoms with van der Waals surface area (Å²) in [5.41, 5.74) is 1.02. The number of ether oxygens (including phenoxy) is 1. The Hall–Kier alpha value is -2.27. The summed E-state index contributed by atoms with van der Waals surface area (Å²) in [5.74, 6) is 2.64. The summed E-state index contributed by atoms with van der Waals surface area (Å²) in [6.07, 6.45) is 14.3. The van der Waals surface area contributed by atoms with E-state index in [0.717, 1.165) is 18.1 Å². The van der Waals surface area contributed by atoms with E-state index in [4.69, 9.17) is 4.74 Å². The van der Waals surface area contributed by atoms with Crippen LogP contribution in [0.5, 0.6) is 0 Å². The minimum absolute atomic E-state index is 0.185. The van der Waals surface area contributed by atoms with Gasteiger partial charge in [-0.2, -0.15) is 11.8 Å². The van der Waals surface area contributed by atoms with Crippen molar-refractivity contribution >= 4 is 23.6 Å². The molecule has 0 saturated heterocycles. The topological polar surface area (TPSA) is 46.6 Å². The molecule has 154 valence electrons. The fourth-order valence-electron chi connectivity index (χ4n) is 3.71. The van der Waals surface area contributed by atoms with Crippen LogP contribution >= 0.6 is 11.8 Å². The van der Waals surface area contributed by atoms with Crippen LogP contribution in [0.25, 0.3) is 0 Å². The van der Waals surface area contributed by atoms with E-state index >= 15 is 0 Å². The van der Waals surface area contributed by atoms with Gasteiger partial charge in [0.1, 0.15) is 5.76 Å². The Labute approximate surface area is 177 Å². The summed E-state index contributed by atoms with van der Waals surface area (Å²) in [6.45, 7) is 5.04. The Kier molecular flexibility index (Phi) is 8.17. The van der Waals surface area contributed by atoms with Gasteiger partial charge in [0, 0.05) is 18.1 Å². The molecular formula is C24H29NO3S. The highest BCUT2D eigenvalue weighted by Gasteiger charge is 2.34. The summed E-state index contributed by atoms with van der Waals surface area (Å²) in [7, 11) is 0. The third-order valence-corrected chi connectivity index (χ3v) is 6.26. The molecule has 1 heterocycles. The Morgan fingerprint density at radius 1 is 1.14 bits per heavy atom. The first-order valence-corrected chi connectivity index (χ1v) is 11.5. The van der Waals surface area contributed by atoms with Crippen LogP contribution in [0, 0.1) is 5.92 Å². The first-order chi connectivity index (χ1) is 14.2. The van der Waals surface area contributed by atoms with Gasteiger partial charge in [-0.05, 0) is 43.0 Å². The van der Waals surface area contributed by atoms with Crippen LogP contribution in [0.15, 0.2) is 60.9 Å². The molecule has 4 nitrogen and oxygen atoms in total. The molecule has 1 aliphatic heterocycles. The van der Waals surface area contributed by atoms with Crippen molar-refractivity contribution < 1.29 is 14.3 Å². The predicted molar refractivity (Wildman–Crippen MR) is 119 cm³/mol. The van der Waals surface area contributed by atoms with Gasteiger partial charge in [0.15, 0.2) is 0 Å². The number of benzene rings is 1. The van der Waals surface area contributed by atoms with Gasteiger partial charge in [-0.1, -0.05) is 50.1 Å². The second-order valence-electron chi connectivity index (χ2n) is 7.40. The summed E-state index contributed by atoms with van der Waals surface area (Å²) >= 11 is 1.69. The van der Waals surface area contributed by atoms with Crippen molar-refractivity contribution in [2.75, 3.05) is 24.7 Å². The second kappa shape index (κ2) is 11.1. The molecule has 0 unspecified atom stereocenters. The van der Waals surface area contributed by atoms with Crippen molar-refractivity contribution in [3.63, 3.8) is 0 Å². The first-order valence-electron chi connectivity index (χ1n) is 10.4. The second-order valence-corrected chi connectivity index (χ2v) is 8.55. The Morgan fingerprint density at radius 3 is 2.48 bits per heavy atom. The van der Waals surface area contributed by atoms with Crippen molar-refractivity contribution in [1.82, 2.24) is 4.90 Å². The molecule has 1 aromatic rings. The monoisotopic (exact) mass is 411 g/mol. The lowest BCUT2D eigenvalue weighted by molar-refractivity contribution is 0.0664. The Morgan fingerprint density at radius 2 is 1.83 bits per heavy atom. The fraction of sp³-hybridized carbons (Fsp3) is 0.417. The first kappa shape index (κ1) is 21.4. The molecule has 1 aliphatic carbocycles. The fourth-order valence-corrected chi connectivity index (χ4v) is 4.44. The summed E-state index contributed by atoms with van der Waals surface area (Å²) in [6, 6.07) is 7.00. The van der Waals surface area contributed by atoms with Crippen molar-refractivity contribution in [1.29, 1.82) is 0 Å². The van der Waals surface area contributed by atoms with E-state index in [2.05, 4.69) is 12.7 Å². The molecule has 1 aromatic carbocycles. The number of hydrogen-bond acceptors (Lipinski definition) is 4. The normalized spacial score (nSPS) is 17.8. The van der Waals surface area contributed by atoms with Crippen molar-refractivity contribution in [3.05, 3.63) is 72.0 Å². The number of carbonyl (C=O) groups is 2. The number of thioether (sulfide) groups is 1. The maximum absolute atomic E-state index is 12.3. The van der Waals surface area contributed by atoms with Crippen molar-refractivity contribution in [2.45, 2.75) is 32.1 Å². The lowest BCUT2D eigenvalue weighted by Gasteiger charge is -2.21. The van der Waals surface area contributed by atoms with Crippen LogP contribution in [-0.2, 0) is 4.74 Å². The number of fused-ring (bicyclic) bond motifs is 1. The highest BCUT2D eigenvalue weighted by Crippen LogP contribution is 2.24. The minimum atomic E-state index is -0.185. The van der Waals surface area contributed by atoms with Gasteiger partial charge in [-0.25, -0.2) is 0 Å². The SMILES string of the molecule is C=C/C(=C\C=C/CSCCN1C(=O)c2ccccc2C1=O)OCC1CCCCC1. The number of allylic oxidation sites excluding steroid dienone is 3. The maximum Gasteiger partial charge on any atom is 0.261 e. The number of carbonyl (C=O) groups excluding carboxylic acids is 2. The van der Waals surface area contributed by atoms with E-state index in [-0.39, 0.29) is 11.8 Å². The highest BCUT2D eigenvalue weighted by atomic mass is 32.2. The lowest BCUT2D eigenvalue weighted by atomic mass is 9.90. The largest absolute Gasteiger partial charge is 0.493 e. The molecule has 2 amide bonds. The predicted octanol–water partition coefficient (Wildman–Crippen LogP) is 5.24. The molecule has 3 rings (SSSR count). The van der Waals surface area contributed by atoms with Gasteiger partial charge < -0.3 is 4.74 Å². The van der Waals surface area contributed by atoms with Crippen LogP contribution in [0.4, 0.5) is 0 Å². The highest BCUT2D eigenvalue weighted by molar-refractivity contribution is 7.99. The molecule has 0 radical (unpaired) electrons. The number of nitrogens with zero attached hydrogens (tertiary/aromatic N) is 1. The van der Waals surface area contributed by atoms with E-state index in [1.807, 2.05) is 12.2 Å². The Balaban J connectivity index is 1.35. The molecular weight excluding hydrogens is 382 g/mol. The molecule has 0 aromatic heterocycles. The molecule has 0 atom stereocenters. The zero-order chi connectivity index (χ0) is 20.5. The smallest absolute Gasteiger partial charge is 0.261 e. The standard InChI is InChI=1S/C24H29NO3S/c1-2-20(28-18-19-10-4-3-5-11-19)12-8-9-16-29-17-15-25-23(26)21-13-6-7-14-22(21)24(25)27/h2,6-9,12-14,19H,1,3-5,10-11,15-18H2/b9-8-,20-12+. The van der Waals surface area contributed by atoms with Crippen LogP contribution in [-0.4, -0.2) is 41.4 Å². The number of amides is 2. The average molecular weight is 412 g/mol. The molecule has 1 fully saturated rings. The van der Waals surface area contributed by atoms with Gasteiger partial charge in [-0.15, -0.1) is 0 Å². The maximum atomic E-state index is 12.3. The third-order valence-electron chi connectivity index (χ3n) is 5.36. The Bertz CT molecular complexity index is 758. The molecule has 0 bridgehead atoms. The quantitative estimate of drug-likeness (QED) is 0.229. The number of hydrogen-bond donors (Lipinski definition) is 0. The van der Waals surface area contributed by atoms with Crippen LogP contribution < -0.4 is 0 Å². The van der Waals surface area contributed by atoms with Crippen molar-refractivity contribution in [3.8, 4) is 0 Å². The average Bonchev–Trinajstić information content (AvgIpc) is 3.00. The number of imide groups is 1. The third kappa shape index (κ3) is 5.86. The van der Waals surface area contributed by atoms with Gasteiger partial charge in [-0.3, -0.25) is 14.5 Å². The molecule has 29 heavy (non-hydrogen) atoms. The van der Waals surface area contributed by atoms with Gasteiger partial charge in [0.2, 0.25) is 0 Å². The number of rotatable bonds is 10. The van der Waals surface area contributed by atoms with E-state index in [1.165, 1.54) is 37.0 Å². The minimum Gasteiger partial charge on any atom is -0.493 e. The summed E-state index contributed by atoms with van der Waals surface area (Å²) < 4.78 is 5.88. The van der Waals surface area contributed by atoms with E-state index in [1.54, 1.807) is 42.1 Å². The van der Waals surface area contributed by atoms with E-state index < -0.39 is 0 Å². The molecule has 0 N–H and O–H groups in total.